The van der Waals surface area contributed by atoms with Gasteiger partial charge in [0.1, 0.15) is 6.07 Å². The number of nitrogens with one attached hydrogen (secondary N) is 1. The minimum atomic E-state index is -3.75. The molecule has 2 aromatic carbocycles. The van der Waals surface area contributed by atoms with Crippen molar-refractivity contribution in [1.29, 1.82) is 5.26 Å². The Bertz CT molecular complexity index is 1110. The number of nitriles is 1. The number of sulfonamides is 1. The molecule has 2 aliphatic heterocycles. The SMILES string of the molecule is N#Cc1ccccc1S(=O)(=O)N1CCC(C(=O)NCc2ccc(CN3CCCC3)cc2)CC1. The monoisotopic (exact) mass is 466 g/mol. The summed E-state index contributed by atoms with van der Waals surface area (Å²) in [5.74, 6) is -0.247. The summed E-state index contributed by atoms with van der Waals surface area (Å²) in [4.78, 5) is 15.2. The van der Waals surface area contributed by atoms with Gasteiger partial charge in [-0.15, -0.1) is 0 Å². The average molecular weight is 467 g/mol. The van der Waals surface area contributed by atoms with Crippen LogP contribution in [0.25, 0.3) is 0 Å². The van der Waals surface area contributed by atoms with Gasteiger partial charge in [-0.2, -0.15) is 9.57 Å². The van der Waals surface area contributed by atoms with E-state index in [-0.39, 0.29) is 35.4 Å². The Morgan fingerprint density at radius 3 is 2.27 bits per heavy atom. The molecule has 0 unspecified atom stereocenters. The van der Waals surface area contributed by atoms with Crippen molar-refractivity contribution in [2.75, 3.05) is 26.2 Å². The molecule has 2 saturated heterocycles. The molecule has 0 bridgehead atoms. The van der Waals surface area contributed by atoms with Gasteiger partial charge in [-0.25, -0.2) is 8.42 Å². The number of piperidine rings is 1. The van der Waals surface area contributed by atoms with Crippen LogP contribution in [0, 0.1) is 17.2 Å². The van der Waals surface area contributed by atoms with Crippen LogP contribution in [0.5, 0.6) is 0 Å². The average Bonchev–Trinajstić information content (AvgIpc) is 3.36. The van der Waals surface area contributed by atoms with E-state index >= 15 is 0 Å². The Kier molecular flexibility index (Phi) is 7.43. The molecule has 8 heteroatoms. The number of nitrogens with zero attached hydrogens (tertiary/aromatic N) is 3. The quantitative estimate of drug-likeness (QED) is 0.677. The summed E-state index contributed by atoms with van der Waals surface area (Å²) in [5, 5.41) is 12.2. The molecule has 2 aromatic rings. The van der Waals surface area contributed by atoms with Crippen molar-refractivity contribution in [2.45, 2.75) is 43.7 Å². The normalized spacial score (nSPS) is 18.2. The molecule has 1 N–H and O–H groups in total. The summed E-state index contributed by atoms with van der Waals surface area (Å²) in [6.45, 7) is 4.33. The fourth-order valence-electron chi connectivity index (χ4n) is 4.58. The summed E-state index contributed by atoms with van der Waals surface area (Å²) < 4.78 is 27.3. The third-order valence-corrected chi connectivity index (χ3v) is 8.50. The van der Waals surface area contributed by atoms with Gasteiger partial charge in [0.15, 0.2) is 0 Å². The zero-order valence-corrected chi connectivity index (χ0v) is 19.6. The topological polar surface area (TPSA) is 93.5 Å². The number of rotatable bonds is 7. The lowest BCUT2D eigenvalue weighted by Crippen LogP contribution is -2.43. The third kappa shape index (κ3) is 5.61. The van der Waals surface area contributed by atoms with Gasteiger partial charge in [0.05, 0.1) is 10.5 Å². The predicted molar refractivity (Wildman–Crippen MR) is 125 cm³/mol. The lowest BCUT2D eigenvalue weighted by atomic mass is 9.97. The van der Waals surface area contributed by atoms with Gasteiger partial charge in [-0.3, -0.25) is 9.69 Å². The Morgan fingerprint density at radius 1 is 0.970 bits per heavy atom. The van der Waals surface area contributed by atoms with Crippen LogP contribution in [0.1, 0.15) is 42.4 Å². The van der Waals surface area contributed by atoms with Gasteiger partial charge in [-0.1, -0.05) is 36.4 Å². The summed E-state index contributed by atoms with van der Waals surface area (Å²) in [5.41, 5.74) is 2.49. The summed E-state index contributed by atoms with van der Waals surface area (Å²) >= 11 is 0. The number of likely N-dealkylation sites (tertiary alicyclic amines) is 1. The Hall–Kier alpha value is -2.73. The minimum absolute atomic E-state index is 0.0311. The first-order chi connectivity index (χ1) is 16.0. The second-order valence-electron chi connectivity index (χ2n) is 8.80. The van der Waals surface area contributed by atoms with Crippen molar-refractivity contribution in [3.8, 4) is 6.07 Å². The van der Waals surface area contributed by atoms with Crippen molar-refractivity contribution >= 4 is 15.9 Å². The molecule has 0 atom stereocenters. The van der Waals surface area contributed by atoms with Crippen LogP contribution in [0.4, 0.5) is 0 Å². The van der Waals surface area contributed by atoms with E-state index in [1.165, 1.54) is 47.9 Å². The maximum absolute atomic E-state index is 13.0. The first-order valence-electron chi connectivity index (χ1n) is 11.5. The molecule has 0 spiro atoms. The lowest BCUT2D eigenvalue weighted by molar-refractivity contribution is -0.126. The van der Waals surface area contributed by atoms with Gasteiger partial charge in [0.25, 0.3) is 0 Å². The molecule has 1 amide bonds. The van der Waals surface area contributed by atoms with E-state index in [9.17, 15) is 18.5 Å². The highest BCUT2D eigenvalue weighted by atomic mass is 32.2. The molecule has 0 saturated carbocycles. The maximum atomic E-state index is 13.0. The Balaban J connectivity index is 1.27. The molecule has 174 valence electrons. The number of amides is 1. The largest absolute Gasteiger partial charge is 0.352 e. The molecule has 0 aromatic heterocycles. The van der Waals surface area contributed by atoms with Crippen molar-refractivity contribution in [1.82, 2.24) is 14.5 Å². The molecule has 2 aliphatic rings. The molecule has 0 radical (unpaired) electrons. The second-order valence-corrected chi connectivity index (χ2v) is 10.7. The van der Waals surface area contributed by atoms with Crippen molar-refractivity contribution in [2.24, 2.45) is 5.92 Å². The van der Waals surface area contributed by atoms with Gasteiger partial charge in [0.2, 0.25) is 15.9 Å². The van der Waals surface area contributed by atoms with Gasteiger partial charge < -0.3 is 5.32 Å². The van der Waals surface area contributed by atoms with Crippen LogP contribution in [0.2, 0.25) is 0 Å². The molecule has 2 heterocycles. The van der Waals surface area contributed by atoms with Crippen LogP contribution in [0.3, 0.4) is 0 Å². The smallest absolute Gasteiger partial charge is 0.244 e. The number of carbonyl (C=O) groups excluding carboxylic acids is 1. The van der Waals surface area contributed by atoms with Gasteiger partial charge >= 0.3 is 0 Å². The van der Waals surface area contributed by atoms with Crippen molar-refractivity contribution in [3.63, 3.8) is 0 Å². The molecular formula is C25H30N4O3S. The molecule has 4 rings (SSSR count). The first kappa shape index (κ1) is 23.4. The zero-order chi connectivity index (χ0) is 23.3. The van der Waals surface area contributed by atoms with Crippen LogP contribution < -0.4 is 5.32 Å². The van der Waals surface area contributed by atoms with Gasteiger partial charge in [0, 0.05) is 32.1 Å². The highest BCUT2D eigenvalue weighted by molar-refractivity contribution is 7.89. The van der Waals surface area contributed by atoms with E-state index in [0.717, 1.165) is 12.1 Å². The molecule has 7 nitrogen and oxygen atoms in total. The number of benzene rings is 2. The molecule has 0 aliphatic carbocycles. The van der Waals surface area contributed by atoms with E-state index < -0.39 is 10.0 Å². The zero-order valence-electron chi connectivity index (χ0n) is 18.7. The number of hydrogen-bond donors (Lipinski definition) is 1. The first-order valence-corrected chi connectivity index (χ1v) is 13.0. The van der Waals surface area contributed by atoms with E-state index in [1.54, 1.807) is 12.1 Å². The molecule has 2 fully saturated rings. The summed E-state index contributed by atoms with van der Waals surface area (Å²) in [6, 6.07) is 16.6. The second kappa shape index (κ2) is 10.5. The maximum Gasteiger partial charge on any atom is 0.244 e. The third-order valence-electron chi connectivity index (χ3n) is 6.54. The van der Waals surface area contributed by atoms with E-state index in [4.69, 9.17) is 0 Å². The Morgan fingerprint density at radius 2 is 1.61 bits per heavy atom. The van der Waals surface area contributed by atoms with Crippen molar-refractivity contribution in [3.05, 3.63) is 65.2 Å². The van der Waals surface area contributed by atoms with E-state index in [0.29, 0.717) is 19.4 Å². The fraction of sp³-hybridized carbons (Fsp3) is 0.440. The lowest BCUT2D eigenvalue weighted by Gasteiger charge is -2.30. The molecular weight excluding hydrogens is 436 g/mol. The molecule has 33 heavy (non-hydrogen) atoms. The van der Waals surface area contributed by atoms with Crippen molar-refractivity contribution < 1.29 is 13.2 Å². The predicted octanol–water partition coefficient (Wildman–Crippen LogP) is 2.87. The van der Waals surface area contributed by atoms with Gasteiger partial charge in [-0.05, 0) is 62.0 Å². The number of carbonyl (C=O) groups is 1. The highest BCUT2D eigenvalue weighted by Crippen LogP contribution is 2.26. The Labute approximate surface area is 196 Å². The summed E-state index contributed by atoms with van der Waals surface area (Å²) in [6.07, 6.45) is 3.49. The highest BCUT2D eigenvalue weighted by Gasteiger charge is 2.33. The minimum Gasteiger partial charge on any atom is -0.352 e. The fourth-order valence-corrected chi connectivity index (χ4v) is 6.19. The summed E-state index contributed by atoms with van der Waals surface area (Å²) in [7, 11) is -3.75. The van der Waals surface area contributed by atoms with Crippen LogP contribution in [0.15, 0.2) is 53.4 Å². The van der Waals surface area contributed by atoms with Crippen LogP contribution in [-0.2, 0) is 27.9 Å². The van der Waals surface area contributed by atoms with E-state index in [1.807, 2.05) is 6.07 Å². The standard InChI is InChI=1S/C25H30N4O3S/c26-17-23-5-1-2-6-24(23)33(31,32)29-15-11-22(12-16-29)25(30)27-18-20-7-9-21(10-8-20)19-28-13-3-4-14-28/h1-2,5-10,22H,3-4,11-16,18-19H2,(H,27,30). The van der Waals surface area contributed by atoms with Crippen LogP contribution in [-0.4, -0.2) is 49.7 Å². The number of hydrogen-bond acceptors (Lipinski definition) is 5. The van der Waals surface area contributed by atoms with E-state index in [2.05, 4.69) is 34.5 Å². The van der Waals surface area contributed by atoms with Crippen LogP contribution >= 0.6 is 0 Å².